The lowest BCUT2D eigenvalue weighted by atomic mass is 9.88. The number of hydrogen-bond donors (Lipinski definition) is 2. The van der Waals surface area contributed by atoms with E-state index in [9.17, 15) is 0 Å². The van der Waals surface area contributed by atoms with Crippen LogP contribution in [0, 0.1) is 0 Å². The lowest BCUT2D eigenvalue weighted by Gasteiger charge is -2.22. The van der Waals surface area contributed by atoms with Gasteiger partial charge in [-0.2, -0.15) is 5.10 Å². The normalized spacial score (nSPS) is 18.1. The van der Waals surface area contributed by atoms with Gasteiger partial charge in [0, 0.05) is 35.5 Å². The molecule has 0 saturated heterocycles. The maximum atomic E-state index is 6.75. The Hall–Kier alpha value is -3.05. The van der Waals surface area contributed by atoms with Gasteiger partial charge in [-0.3, -0.25) is 4.99 Å². The molecular formula is C28H32ClN5. The average Bonchev–Trinajstić information content (AvgIpc) is 3.21. The number of para-hydroxylation sites is 1. The van der Waals surface area contributed by atoms with Crippen molar-refractivity contribution in [3.8, 4) is 0 Å². The third kappa shape index (κ3) is 4.62. The Labute approximate surface area is 206 Å². The number of aromatic nitrogens is 2. The predicted octanol–water partition coefficient (Wildman–Crippen LogP) is 6.58. The summed E-state index contributed by atoms with van der Waals surface area (Å²) in [7, 11) is 0. The van der Waals surface area contributed by atoms with E-state index in [1.165, 1.54) is 42.5 Å². The van der Waals surface area contributed by atoms with E-state index in [2.05, 4.69) is 67.0 Å². The number of dihydropyridines is 1. The summed E-state index contributed by atoms with van der Waals surface area (Å²) in [6, 6.07) is 15.1. The zero-order valence-electron chi connectivity index (χ0n) is 19.9. The Bertz CT molecular complexity index is 1270. The molecule has 2 unspecified atom stereocenters. The first kappa shape index (κ1) is 22.7. The van der Waals surface area contributed by atoms with E-state index >= 15 is 0 Å². The summed E-state index contributed by atoms with van der Waals surface area (Å²) in [5.41, 5.74) is 6.65. The SMILES string of the molecule is CCCCCC(C)NC1=CC(n2nc(Cl)c3c(C4C=Nc5ccccc5C4)cccc32)=CNC1. The van der Waals surface area contributed by atoms with Crippen LogP contribution in [0.4, 0.5) is 5.69 Å². The molecule has 5 nitrogen and oxygen atoms in total. The fourth-order valence-corrected chi connectivity index (χ4v) is 5.24. The molecule has 6 heteroatoms. The second-order valence-corrected chi connectivity index (χ2v) is 9.68. The first-order valence-electron chi connectivity index (χ1n) is 12.3. The van der Waals surface area contributed by atoms with Crippen molar-refractivity contribution in [2.45, 2.75) is 57.9 Å². The van der Waals surface area contributed by atoms with Gasteiger partial charge in [0.05, 0.1) is 23.4 Å². The van der Waals surface area contributed by atoms with Crippen molar-refractivity contribution >= 4 is 40.1 Å². The second-order valence-electron chi connectivity index (χ2n) is 9.32. The van der Waals surface area contributed by atoms with Crippen molar-refractivity contribution in [3.63, 3.8) is 0 Å². The molecule has 5 rings (SSSR count). The van der Waals surface area contributed by atoms with Crippen LogP contribution in [0.25, 0.3) is 16.6 Å². The number of allylic oxidation sites excluding steroid dienone is 2. The molecular weight excluding hydrogens is 442 g/mol. The van der Waals surface area contributed by atoms with Crippen molar-refractivity contribution in [3.05, 3.63) is 76.7 Å². The van der Waals surface area contributed by atoms with Crippen LogP contribution in [-0.4, -0.2) is 28.6 Å². The number of fused-ring (bicyclic) bond motifs is 2. The van der Waals surface area contributed by atoms with Gasteiger partial charge in [0.1, 0.15) is 0 Å². The van der Waals surface area contributed by atoms with E-state index in [0.717, 1.165) is 35.3 Å². The number of unbranched alkanes of at least 4 members (excludes halogenated alkanes) is 2. The number of nitrogens with one attached hydrogen (secondary N) is 2. The van der Waals surface area contributed by atoms with E-state index in [4.69, 9.17) is 21.7 Å². The average molecular weight is 474 g/mol. The second kappa shape index (κ2) is 10.1. The Morgan fingerprint density at radius 3 is 2.94 bits per heavy atom. The highest BCUT2D eigenvalue weighted by atomic mass is 35.5. The van der Waals surface area contributed by atoms with E-state index in [-0.39, 0.29) is 5.92 Å². The first-order valence-corrected chi connectivity index (χ1v) is 12.7. The molecule has 176 valence electrons. The summed E-state index contributed by atoms with van der Waals surface area (Å²) < 4.78 is 1.95. The molecule has 0 radical (unpaired) electrons. The van der Waals surface area contributed by atoms with Crippen molar-refractivity contribution in [2.24, 2.45) is 4.99 Å². The smallest absolute Gasteiger partial charge is 0.159 e. The minimum Gasteiger partial charge on any atom is -0.384 e. The number of rotatable bonds is 8. The van der Waals surface area contributed by atoms with Gasteiger partial charge in [0.25, 0.3) is 0 Å². The van der Waals surface area contributed by atoms with Crippen LogP contribution < -0.4 is 10.6 Å². The summed E-state index contributed by atoms with van der Waals surface area (Å²) >= 11 is 6.75. The molecule has 34 heavy (non-hydrogen) atoms. The standard InChI is InChI=1S/C28H32ClN5/c1-3-4-5-9-19(2)32-22-15-23(18-30-17-22)34-26-13-8-11-24(27(26)28(29)33-34)21-14-20-10-6-7-12-25(20)31-16-21/h6-8,10-13,15-16,18-19,21,30,32H,3-5,9,14,17H2,1-2H3. The molecule has 2 N–H and O–H groups in total. The van der Waals surface area contributed by atoms with Crippen LogP contribution in [-0.2, 0) is 6.42 Å². The molecule has 0 saturated carbocycles. The molecule has 3 heterocycles. The lowest BCUT2D eigenvalue weighted by molar-refractivity contribution is 0.520. The van der Waals surface area contributed by atoms with Gasteiger partial charge in [0.15, 0.2) is 5.15 Å². The number of nitrogens with zero attached hydrogens (tertiary/aromatic N) is 3. The van der Waals surface area contributed by atoms with Gasteiger partial charge in [0.2, 0.25) is 0 Å². The van der Waals surface area contributed by atoms with Crippen LogP contribution in [0.15, 0.2) is 65.4 Å². The molecule has 0 aliphatic carbocycles. The van der Waals surface area contributed by atoms with Crippen LogP contribution >= 0.6 is 11.6 Å². The van der Waals surface area contributed by atoms with Crippen LogP contribution in [0.2, 0.25) is 5.15 Å². The highest BCUT2D eigenvalue weighted by molar-refractivity contribution is 6.34. The maximum absolute atomic E-state index is 6.75. The van der Waals surface area contributed by atoms with E-state index in [0.29, 0.717) is 11.2 Å². The van der Waals surface area contributed by atoms with Crippen molar-refractivity contribution in [2.75, 3.05) is 6.54 Å². The molecule has 0 bridgehead atoms. The third-order valence-electron chi connectivity index (χ3n) is 6.70. The van der Waals surface area contributed by atoms with Crippen molar-refractivity contribution < 1.29 is 0 Å². The molecule has 3 aromatic rings. The summed E-state index contributed by atoms with van der Waals surface area (Å²) in [6.45, 7) is 5.29. The molecule has 2 aliphatic heterocycles. The molecule has 0 fully saturated rings. The topological polar surface area (TPSA) is 54.2 Å². The Kier molecular flexibility index (Phi) is 6.73. The van der Waals surface area contributed by atoms with Gasteiger partial charge in [-0.05, 0) is 49.1 Å². The van der Waals surface area contributed by atoms with Crippen LogP contribution in [0.3, 0.4) is 0 Å². The Balaban J connectivity index is 1.43. The van der Waals surface area contributed by atoms with Gasteiger partial charge in [-0.25, -0.2) is 4.68 Å². The minimum atomic E-state index is 0.170. The van der Waals surface area contributed by atoms with Gasteiger partial charge in [-0.1, -0.05) is 68.1 Å². The maximum Gasteiger partial charge on any atom is 0.159 e. The quantitative estimate of drug-likeness (QED) is 0.363. The highest BCUT2D eigenvalue weighted by Crippen LogP contribution is 2.37. The monoisotopic (exact) mass is 473 g/mol. The summed E-state index contributed by atoms with van der Waals surface area (Å²) in [6.07, 6.45) is 12.1. The van der Waals surface area contributed by atoms with Crippen LogP contribution in [0.5, 0.6) is 0 Å². The lowest BCUT2D eigenvalue weighted by Crippen LogP contribution is -2.32. The zero-order valence-corrected chi connectivity index (χ0v) is 20.6. The molecule has 0 spiro atoms. The number of benzene rings is 2. The summed E-state index contributed by atoms with van der Waals surface area (Å²) in [5, 5.41) is 13.3. The fourth-order valence-electron chi connectivity index (χ4n) is 4.96. The molecule has 1 aromatic heterocycles. The highest BCUT2D eigenvalue weighted by Gasteiger charge is 2.23. The van der Waals surface area contributed by atoms with Crippen molar-refractivity contribution in [1.82, 2.24) is 20.4 Å². The molecule has 0 amide bonds. The largest absolute Gasteiger partial charge is 0.384 e. The van der Waals surface area contributed by atoms with E-state index in [1.54, 1.807) is 0 Å². The molecule has 2 aromatic carbocycles. The zero-order chi connectivity index (χ0) is 23.5. The Morgan fingerprint density at radius 1 is 1.18 bits per heavy atom. The van der Waals surface area contributed by atoms with Crippen LogP contribution in [0.1, 0.15) is 56.6 Å². The predicted molar refractivity (Wildman–Crippen MR) is 143 cm³/mol. The Morgan fingerprint density at radius 2 is 2.06 bits per heavy atom. The summed E-state index contributed by atoms with van der Waals surface area (Å²) in [4.78, 5) is 4.71. The number of hydrogen-bond acceptors (Lipinski definition) is 4. The van der Waals surface area contributed by atoms with E-state index in [1.807, 2.05) is 23.2 Å². The van der Waals surface area contributed by atoms with Gasteiger partial charge < -0.3 is 10.6 Å². The van der Waals surface area contributed by atoms with Gasteiger partial charge in [-0.15, -0.1) is 0 Å². The molecule has 2 atom stereocenters. The fraction of sp³-hybridized carbons (Fsp3) is 0.357. The third-order valence-corrected chi connectivity index (χ3v) is 6.97. The summed E-state index contributed by atoms with van der Waals surface area (Å²) in [5.74, 6) is 0.170. The minimum absolute atomic E-state index is 0.170. The van der Waals surface area contributed by atoms with E-state index < -0.39 is 0 Å². The number of halogens is 1. The molecule has 2 aliphatic rings. The van der Waals surface area contributed by atoms with Crippen molar-refractivity contribution in [1.29, 1.82) is 0 Å². The number of aliphatic imine (C=N–C) groups is 1. The van der Waals surface area contributed by atoms with Gasteiger partial charge >= 0.3 is 0 Å². The first-order chi connectivity index (χ1) is 16.6.